The van der Waals surface area contributed by atoms with Crippen LogP contribution in [-0.2, 0) is 16.1 Å². The standard InChI is InChI=1S/C16H18N2O3S/c1-11-14(10-22-17-11)15(19)18(12(2)16(20)21-3)9-13-7-5-4-6-8-13/h4-8,10,12H,9H2,1-3H3/t12-/m0/s1. The van der Waals surface area contributed by atoms with E-state index in [9.17, 15) is 9.59 Å². The Labute approximate surface area is 133 Å². The smallest absolute Gasteiger partial charge is 0.328 e. The number of ether oxygens (including phenoxy) is 1. The summed E-state index contributed by atoms with van der Waals surface area (Å²) in [5.74, 6) is -0.655. The van der Waals surface area contributed by atoms with Crippen LogP contribution in [0, 0.1) is 6.92 Å². The van der Waals surface area contributed by atoms with Gasteiger partial charge in [0.1, 0.15) is 6.04 Å². The molecule has 0 saturated heterocycles. The van der Waals surface area contributed by atoms with Crippen molar-refractivity contribution in [2.45, 2.75) is 26.4 Å². The SMILES string of the molecule is COC(=O)[C@H](C)N(Cc1ccccc1)C(=O)c1csnc1C. The first-order valence-electron chi connectivity index (χ1n) is 6.88. The van der Waals surface area contributed by atoms with Gasteiger partial charge in [-0.25, -0.2) is 4.79 Å². The van der Waals surface area contributed by atoms with E-state index in [4.69, 9.17) is 4.74 Å². The number of carbonyl (C=O) groups excluding carboxylic acids is 2. The molecule has 0 spiro atoms. The van der Waals surface area contributed by atoms with E-state index in [0.29, 0.717) is 17.8 Å². The van der Waals surface area contributed by atoms with Crippen molar-refractivity contribution in [3.63, 3.8) is 0 Å². The number of esters is 1. The zero-order valence-corrected chi connectivity index (χ0v) is 13.6. The van der Waals surface area contributed by atoms with Gasteiger partial charge in [0, 0.05) is 11.9 Å². The van der Waals surface area contributed by atoms with Gasteiger partial charge >= 0.3 is 5.97 Å². The van der Waals surface area contributed by atoms with Gasteiger partial charge in [-0.05, 0) is 30.9 Å². The van der Waals surface area contributed by atoms with E-state index in [2.05, 4.69) is 4.37 Å². The van der Waals surface area contributed by atoms with E-state index in [1.165, 1.54) is 23.5 Å². The first-order valence-corrected chi connectivity index (χ1v) is 7.72. The number of benzene rings is 1. The van der Waals surface area contributed by atoms with Crippen molar-refractivity contribution >= 4 is 23.4 Å². The van der Waals surface area contributed by atoms with Gasteiger partial charge in [0.25, 0.3) is 5.91 Å². The fourth-order valence-corrected chi connectivity index (χ4v) is 2.80. The van der Waals surface area contributed by atoms with E-state index < -0.39 is 12.0 Å². The second-order valence-corrected chi connectivity index (χ2v) is 5.56. The fourth-order valence-electron chi connectivity index (χ4n) is 2.11. The Hall–Kier alpha value is -2.21. The molecule has 22 heavy (non-hydrogen) atoms. The molecule has 0 unspecified atom stereocenters. The van der Waals surface area contributed by atoms with E-state index >= 15 is 0 Å². The molecule has 2 rings (SSSR count). The highest BCUT2D eigenvalue weighted by molar-refractivity contribution is 7.03. The van der Waals surface area contributed by atoms with Crippen LogP contribution in [0.2, 0.25) is 0 Å². The van der Waals surface area contributed by atoms with Crippen molar-refractivity contribution < 1.29 is 14.3 Å². The molecular weight excluding hydrogens is 300 g/mol. The van der Waals surface area contributed by atoms with Crippen LogP contribution in [0.15, 0.2) is 35.7 Å². The van der Waals surface area contributed by atoms with Crippen LogP contribution in [0.5, 0.6) is 0 Å². The third kappa shape index (κ3) is 3.51. The van der Waals surface area contributed by atoms with E-state index in [0.717, 1.165) is 5.56 Å². The Kier molecular flexibility index (Phi) is 5.27. The quantitative estimate of drug-likeness (QED) is 0.795. The average Bonchev–Trinajstić information content (AvgIpc) is 2.97. The van der Waals surface area contributed by atoms with Crippen molar-refractivity contribution in [3.8, 4) is 0 Å². The number of methoxy groups -OCH3 is 1. The summed E-state index contributed by atoms with van der Waals surface area (Å²) in [4.78, 5) is 26.2. The molecule has 0 aliphatic heterocycles. The lowest BCUT2D eigenvalue weighted by Crippen LogP contribution is -2.43. The van der Waals surface area contributed by atoms with Crippen molar-refractivity contribution in [1.29, 1.82) is 0 Å². The van der Waals surface area contributed by atoms with Crippen molar-refractivity contribution in [2.75, 3.05) is 7.11 Å². The third-order valence-corrected chi connectivity index (χ3v) is 4.17. The number of amides is 1. The van der Waals surface area contributed by atoms with Gasteiger partial charge in [-0.2, -0.15) is 4.37 Å². The zero-order chi connectivity index (χ0) is 16.1. The second-order valence-electron chi connectivity index (χ2n) is 4.93. The van der Waals surface area contributed by atoms with Gasteiger partial charge < -0.3 is 9.64 Å². The Morgan fingerprint density at radius 1 is 1.32 bits per heavy atom. The zero-order valence-electron chi connectivity index (χ0n) is 12.8. The van der Waals surface area contributed by atoms with Gasteiger partial charge in [-0.1, -0.05) is 30.3 Å². The van der Waals surface area contributed by atoms with Gasteiger partial charge in [-0.3, -0.25) is 4.79 Å². The van der Waals surface area contributed by atoms with Crippen LogP contribution in [0.3, 0.4) is 0 Å². The van der Waals surface area contributed by atoms with E-state index in [1.54, 1.807) is 19.2 Å². The number of nitrogens with zero attached hydrogens (tertiary/aromatic N) is 2. The molecular formula is C16H18N2O3S. The average molecular weight is 318 g/mol. The van der Waals surface area contributed by atoms with Gasteiger partial charge in [0.15, 0.2) is 0 Å². The predicted molar refractivity (Wildman–Crippen MR) is 84.6 cm³/mol. The Morgan fingerprint density at radius 3 is 2.55 bits per heavy atom. The summed E-state index contributed by atoms with van der Waals surface area (Å²) in [5, 5.41) is 1.71. The molecule has 0 fully saturated rings. The summed E-state index contributed by atoms with van der Waals surface area (Å²) >= 11 is 1.23. The lowest BCUT2D eigenvalue weighted by Gasteiger charge is -2.27. The predicted octanol–water partition coefficient (Wildman–Crippen LogP) is 2.66. The maximum Gasteiger partial charge on any atom is 0.328 e. The molecule has 1 amide bonds. The number of hydrogen-bond donors (Lipinski definition) is 0. The van der Waals surface area contributed by atoms with Crippen molar-refractivity contribution in [1.82, 2.24) is 9.27 Å². The summed E-state index contributed by atoms with van der Waals surface area (Å²) in [6.45, 7) is 3.79. The molecule has 1 aromatic heterocycles. The summed E-state index contributed by atoms with van der Waals surface area (Å²) in [6, 6.07) is 8.88. The third-order valence-electron chi connectivity index (χ3n) is 3.45. The highest BCUT2D eigenvalue weighted by Crippen LogP contribution is 2.17. The molecule has 2 aromatic rings. The maximum atomic E-state index is 12.8. The monoisotopic (exact) mass is 318 g/mol. The summed E-state index contributed by atoms with van der Waals surface area (Å²) in [7, 11) is 1.32. The van der Waals surface area contributed by atoms with Crippen LogP contribution in [-0.4, -0.2) is 34.3 Å². The molecule has 0 bridgehead atoms. The minimum absolute atomic E-state index is 0.215. The van der Waals surface area contributed by atoms with Gasteiger partial charge in [0.05, 0.1) is 18.4 Å². The molecule has 0 aliphatic rings. The van der Waals surface area contributed by atoms with Crippen LogP contribution in [0.25, 0.3) is 0 Å². The van der Waals surface area contributed by atoms with Crippen LogP contribution >= 0.6 is 11.5 Å². The Balaban J connectivity index is 2.31. The fraction of sp³-hybridized carbons (Fsp3) is 0.312. The molecule has 0 aliphatic carbocycles. The molecule has 5 nitrogen and oxygen atoms in total. The van der Waals surface area contributed by atoms with Crippen LogP contribution in [0.1, 0.15) is 28.5 Å². The van der Waals surface area contributed by atoms with Crippen LogP contribution < -0.4 is 0 Å². The highest BCUT2D eigenvalue weighted by Gasteiger charge is 2.29. The second kappa shape index (κ2) is 7.17. The van der Waals surface area contributed by atoms with E-state index in [1.807, 2.05) is 30.3 Å². The number of hydrogen-bond acceptors (Lipinski definition) is 5. The number of aryl methyl sites for hydroxylation is 1. The van der Waals surface area contributed by atoms with E-state index in [-0.39, 0.29) is 5.91 Å². The topological polar surface area (TPSA) is 59.5 Å². The molecule has 1 aromatic carbocycles. The minimum Gasteiger partial charge on any atom is -0.467 e. The Bertz CT molecular complexity index is 654. The molecule has 116 valence electrons. The largest absolute Gasteiger partial charge is 0.467 e. The minimum atomic E-state index is -0.669. The maximum absolute atomic E-state index is 12.8. The summed E-state index contributed by atoms with van der Waals surface area (Å²) in [6.07, 6.45) is 0. The summed E-state index contributed by atoms with van der Waals surface area (Å²) in [5.41, 5.74) is 2.15. The normalized spacial score (nSPS) is 11.8. The van der Waals surface area contributed by atoms with Crippen LogP contribution in [0.4, 0.5) is 0 Å². The number of carbonyl (C=O) groups is 2. The molecule has 6 heteroatoms. The summed E-state index contributed by atoms with van der Waals surface area (Å²) < 4.78 is 8.91. The molecule has 0 saturated carbocycles. The lowest BCUT2D eigenvalue weighted by atomic mass is 10.1. The first-order chi connectivity index (χ1) is 10.5. The lowest BCUT2D eigenvalue weighted by molar-refractivity contribution is -0.145. The number of rotatable bonds is 5. The van der Waals surface area contributed by atoms with Gasteiger partial charge in [-0.15, -0.1) is 0 Å². The first kappa shape index (κ1) is 16.2. The highest BCUT2D eigenvalue weighted by atomic mass is 32.1. The van der Waals surface area contributed by atoms with Crippen molar-refractivity contribution in [3.05, 3.63) is 52.5 Å². The molecule has 0 radical (unpaired) electrons. The van der Waals surface area contributed by atoms with Crippen molar-refractivity contribution in [2.24, 2.45) is 0 Å². The Morgan fingerprint density at radius 2 is 2.00 bits per heavy atom. The number of aromatic nitrogens is 1. The molecule has 1 atom stereocenters. The molecule has 1 heterocycles. The molecule has 0 N–H and O–H groups in total. The van der Waals surface area contributed by atoms with Gasteiger partial charge in [0.2, 0.25) is 0 Å².